The molecule has 1 nitrogen and oxygen atoms in total. The number of rotatable bonds is 3. The molecule has 23 heavy (non-hydrogen) atoms. The average Bonchev–Trinajstić information content (AvgIpc) is 3.20. The fraction of sp³-hybridized carbons (Fsp3) is 0.182. The van der Waals surface area contributed by atoms with E-state index in [1.807, 2.05) is 13.0 Å². The van der Waals surface area contributed by atoms with Gasteiger partial charge in [-0.2, -0.15) is 0 Å². The zero-order valence-electron chi connectivity index (χ0n) is 13.5. The van der Waals surface area contributed by atoms with Crippen molar-refractivity contribution in [1.82, 2.24) is 0 Å². The molecule has 1 aliphatic carbocycles. The molecule has 1 atom stereocenters. The van der Waals surface area contributed by atoms with Gasteiger partial charge >= 0.3 is 0 Å². The number of fused-ring (bicyclic) bond motifs is 1. The summed E-state index contributed by atoms with van der Waals surface area (Å²) in [6.07, 6.45) is 5.56. The van der Waals surface area contributed by atoms with Crippen LogP contribution in [0.2, 0.25) is 0 Å². The molecule has 1 unspecified atom stereocenters. The van der Waals surface area contributed by atoms with Gasteiger partial charge in [-0.1, -0.05) is 61.5 Å². The summed E-state index contributed by atoms with van der Waals surface area (Å²) in [6, 6.07) is 19.6. The fourth-order valence-corrected chi connectivity index (χ4v) is 3.38. The Labute approximate surface area is 137 Å². The molecule has 0 aliphatic heterocycles. The predicted octanol–water partition coefficient (Wildman–Crippen LogP) is 5.98. The van der Waals surface area contributed by atoms with E-state index in [4.69, 9.17) is 4.42 Å². The Balaban J connectivity index is 1.77. The van der Waals surface area contributed by atoms with Gasteiger partial charge in [0, 0.05) is 0 Å². The van der Waals surface area contributed by atoms with E-state index in [1.54, 1.807) is 0 Å². The van der Waals surface area contributed by atoms with E-state index in [-0.39, 0.29) is 5.92 Å². The molecule has 4 rings (SSSR count). The van der Waals surface area contributed by atoms with Gasteiger partial charge in [-0.25, -0.2) is 0 Å². The van der Waals surface area contributed by atoms with Crippen LogP contribution in [0.1, 0.15) is 41.1 Å². The smallest absolute Gasteiger partial charge is 0.115 e. The number of hydrogen-bond donors (Lipinski definition) is 0. The standard InChI is InChI=1S/C22H20O/c1-3-16-8-10-17(11-9-16)18-5-4-6-19-20(18)12-13-21(19)22-14-7-15(2)23-22/h4-14,21H,3H2,1-2H3. The van der Waals surface area contributed by atoms with E-state index < -0.39 is 0 Å². The lowest BCUT2D eigenvalue weighted by molar-refractivity contribution is 0.482. The van der Waals surface area contributed by atoms with Gasteiger partial charge in [0.15, 0.2) is 0 Å². The highest BCUT2D eigenvalue weighted by Gasteiger charge is 2.23. The minimum Gasteiger partial charge on any atom is -0.465 e. The molecule has 0 radical (unpaired) electrons. The van der Waals surface area contributed by atoms with Crippen molar-refractivity contribution >= 4 is 6.08 Å². The van der Waals surface area contributed by atoms with Gasteiger partial charge in [-0.15, -0.1) is 0 Å². The molecule has 0 bridgehead atoms. The van der Waals surface area contributed by atoms with Crippen molar-refractivity contribution in [2.75, 3.05) is 0 Å². The first-order valence-corrected chi connectivity index (χ1v) is 8.23. The van der Waals surface area contributed by atoms with Crippen LogP contribution in [-0.4, -0.2) is 0 Å². The minimum absolute atomic E-state index is 0.230. The van der Waals surface area contributed by atoms with E-state index in [2.05, 4.69) is 67.6 Å². The van der Waals surface area contributed by atoms with Gasteiger partial charge in [0.1, 0.15) is 11.5 Å². The Morgan fingerprint density at radius 1 is 0.957 bits per heavy atom. The van der Waals surface area contributed by atoms with Crippen LogP contribution >= 0.6 is 0 Å². The molecule has 0 fully saturated rings. The third-order valence-electron chi connectivity index (χ3n) is 4.67. The monoisotopic (exact) mass is 300 g/mol. The van der Waals surface area contributed by atoms with Gasteiger partial charge in [-0.3, -0.25) is 0 Å². The van der Waals surface area contributed by atoms with Crippen LogP contribution in [0.4, 0.5) is 0 Å². The van der Waals surface area contributed by atoms with Gasteiger partial charge < -0.3 is 4.42 Å². The number of aryl methyl sites for hydroxylation is 2. The summed E-state index contributed by atoms with van der Waals surface area (Å²) in [5.74, 6) is 2.22. The van der Waals surface area contributed by atoms with Crippen LogP contribution in [0.25, 0.3) is 17.2 Å². The fourth-order valence-electron chi connectivity index (χ4n) is 3.38. The van der Waals surface area contributed by atoms with Crippen LogP contribution in [0.15, 0.2) is 65.1 Å². The van der Waals surface area contributed by atoms with Crippen LogP contribution in [0.5, 0.6) is 0 Å². The van der Waals surface area contributed by atoms with Crippen LogP contribution in [0.3, 0.4) is 0 Å². The average molecular weight is 300 g/mol. The molecule has 0 amide bonds. The lowest BCUT2D eigenvalue weighted by Gasteiger charge is -2.12. The van der Waals surface area contributed by atoms with E-state index >= 15 is 0 Å². The van der Waals surface area contributed by atoms with Crippen molar-refractivity contribution in [3.05, 3.63) is 88.9 Å². The molecule has 2 aromatic carbocycles. The summed E-state index contributed by atoms with van der Waals surface area (Å²) < 4.78 is 5.85. The quantitative estimate of drug-likeness (QED) is 0.580. The molecule has 1 aliphatic rings. The largest absolute Gasteiger partial charge is 0.465 e. The summed E-state index contributed by atoms with van der Waals surface area (Å²) in [5, 5.41) is 0. The van der Waals surface area contributed by atoms with E-state index in [1.165, 1.54) is 27.8 Å². The Morgan fingerprint density at radius 3 is 2.48 bits per heavy atom. The van der Waals surface area contributed by atoms with Crippen LogP contribution < -0.4 is 0 Å². The Kier molecular flexibility index (Phi) is 3.42. The molecule has 0 N–H and O–H groups in total. The third kappa shape index (κ3) is 2.43. The highest BCUT2D eigenvalue weighted by molar-refractivity contribution is 5.81. The Bertz CT molecular complexity index is 865. The van der Waals surface area contributed by atoms with Crippen molar-refractivity contribution in [3.63, 3.8) is 0 Å². The first kappa shape index (κ1) is 14.1. The molecule has 1 heteroatoms. The third-order valence-corrected chi connectivity index (χ3v) is 4.67. The van der Waals surface area contributed by atoms with Crippen molar-refractivity contribution in [1.29, 1.82) is 0 Å². The Hall–Kier alpha value is -2.54. The molecule has 3 aromatic rings. The molecule has 0 saturated carbocycles. The van der Waals surface area contributed by atoms with E-state index in [0.29, 0.717) is 0 Å². The minimum atomic E-state index is 0.230. The van der Waals surface area contributed by atoms with Gasteiger partial charge in [0.2, 0.25) is 0 Å². The van der Waals surface area contributed by atoms with E-state index in [9.17, 15) is 0 Å². The van der Waals surface area contributed by atoms with Crippen LogP contribution in [0, 0.1) is 6.92 Å². The number of allylic oxidation sites excluding steroid dienone is 1. The molecule has 0 saturated heterocycles. The van der Waals surface area contributed by atoms with Gasteiger partial charge in [-0.05, 0) is 53.3 Å². The molecular weight excluding hydrogens is 280 g/mol. The number of hydrogen-bond acceptors (Lipinski definition) is 1. The molecule has 1 heterocycles. The molecular formula is C22H20O. The summed E-state index contributed by atoms with van der Waals surface area (Å²) in [6.45, 7) is 4.18. The van der Waals surface area contributed by atoms with E-state index in [0.717, 1.165) is 17.9 Å². The summed E-state index contributed by atoms with van der Waals surface area (Å²) in [4.78, 5) is 0. The predicted molar refractivity (Wildman–Crippen MR) is 95.6 cm³/mol. The van der Waals surface area contributed by atoms with Crippen molar-refractivity contribution < 1.29 is 4.42 Å². The first-order chi connectivity index (χ1) is 11.3. The summed E-state index contributed by atoms with van der Waals surface area (Å²) in [7, 11) is 0. The van der Waals surface area contributed by atoms with Crippen molar-refractivity contribution in [2.24, 2.45) is 0 Å². The normalized spacial score (nSPS) is 15.8. The van der Waals surface area contributed by atoms with Crippen LogP contribution in [-0.2, 0) is 6.42 Å². The summed E-state index contributed by atoms with van der Waals surface area (Å²) in [5.41, 5.74) is 6.60. The lowest BCUT2D eigenvalue weighted by Crippen LogP contribution is -1.95. The highest BCUT2D eigenvalue weighted by Crippen LogP contribution is 2.40. The second-order valence-electron chi connectivity index (χ2n) is 6.14. The zero-order valence-corrected chi connectivity index (χ0v) is 13.5. The number of furan rings is 1. The first-order valence-electron chi connectivity index (χ1n) is 8.23. The lowest BCUT2D eigenvalue weighted by atomic mass is 9.92. The van der Waals surface area contributed by atoms with Crippen molar-refractivity contribution in [2.45, 2.75) is 26.2 Å². The van der Waals surface area contributed by atoms with Gasteiger partial charge in [0.05, 0.1) is 5.92 Å². The molecule has 1 aromatic heterocycles. The number of benzene rings is 2. The maximum absolute atomic E-state index is 5.85. The molecule has 114 valence electrons. The topological polar surface area (TPSA) is 13.1 Å². The second-order valence-corrected chi connectivity index (χ2v) is 6.14. The van der Waals surface area contributed by atoms with Gasteiger partial charge in [0.25, 0.3) is 0 Å². The molecule has 0 spiro atoms. The SMILES string of the molecule is CCc1ccc(-c2cccc3c2C=CC3c2ccc(C)o2)cc1. The van der Waals surface area contributed by atoms with Crippen molar-refractivity contribution in [3.8, 4) is 11.1 Å². The maximum atomic E-state index is 5.85. The highest BCUT2D eigenvalue weighted by atomic mass is 16.3. The Morgan fingerprint density at radius 2 is 1.78 bits per heavy atom. The second kappa shape index (κ2) is 5.58. The summed E-state index contributed by atoms with van der Waals surface area (Å²) >= 11 is 0. The zero-order chi connectivity index (χ0) is 15.8. The maximum Gasteiger partial charge on any atom is 0.115 e.